The molecular formula is C14H19N3O. The standard InChI is InChI=1S/C14H19N3O/c1-2-13-10(5-6-18-13)14-16-11-4-3-9(8-15)7-12(11)17-14/h3-4,7,10,13H,2,5-6,8,15H2,1H3,(H,16,17). The number of ether oxygens (including phenoxy) is 1. The number of nitrogens with one attached hydrogen (secondary N) is 1. The van der Waals surface area contributed by atoms with Crippen LogP contribution in [-0.4, -0.2) is 22.7 Å². The summed E-state index contributed by atoms with van der Waals surface area (Å²) in [5.41, 5.74) is 8.89. The highest BCUT2D eigenvalue weighted by Gasteiger charge is 2.30. The molecule has 0 saturated carbocycles. The zero-order valence-electron chi connectivity index (χ0n) is 10.6. The molecule has 1 fully saturated rings. The van der Waals surface area contributed by atoms with Gasteiger partial charge in [-0.25, -0.2) is 4.98 Å². The molecule has 2 heterocycles. The summed E-state index contributed by atoms with van der Waals surface area (Å²) in [6, 6.07) is 6.16. The summed E-state index contributed by atoms with van der Waals surface area (Å²) in [4.78, 5) is 8.12. The fourth-order valence-electron chi connectivity index (χ4n) is 2.74. The lowest BCUT2D eigenvalue weighted by molar-refractivity contribution is 0.0996. The van der Waals surface area contributed by atoms with E-state index in [1.165, 1.54) is 0 Å². The molecule has 2 unspecified atom stereocenters. The molecule has 0 bridgehead atoms. The summed E-state index contributed by atoms with van der Waals surface area (Å²) in [6.45, 7) is 3.57. The van der Waals surface area contributed by atoms with Crippen LogP contribution in [0.5, 0.6) is 0 Å². The fourth-order valence-corrected chi connectivity index (χ4v) is 2.74. The van der Waals surface area contributed by atoms with Crippen molar-refractivity contribution in [2.45, 2.75) is 38.3 Å². The van der Waals surface area contributed by atoms with Gasteiger partial charge in [0.1, 0.15) is 5.82 Å². The molecule has 1 aromatic heterocycles. The molecule has 4 nitrogen and oxygen atoms in total. The van der Waals surface area contributed by atoms with Crippen molar-refractivity contribution >= 4 is 11.0 Å². The second kappa shape index (κ2) is 4.71. The average molecular weight is 245 g/mol. The first-order valence-corrected chi connectivity index (χ1v) is 6.62. The molecule has 4 heteroatoms. The first kappa shape index (κ1) is 11.7. The van der Waals surface area contributed by atoms with Crippen LogP contribution in [0.4, 0.5) is 0 Å². The number of fused-ring (bicyclic) bond motifs is 1. The number of H-pyrrole nitrogens is 1. The first-order chi connectivity index (χ1) is 8.81. The van der Waals surface area contributed by atoms with Crippen molar-refractivity contribution < 1.29 is 4.74 Å². The van der Waals surface area contributed by atoms with Gasteiger partial charge in [0.25, 0.3) is 0 Å². The molecule has 0 spiro atoms. The lowest BCUT2D eigenvalue weighted by atomic mass is 9.99. The van der Waals surface area contributed by atoms with E-state index in [1.54, 1.807) is 0 Å². The van der Waals surface area contributed by atoms with Gasteiger partial charge in [-0.15, -0.1) is 0 Å². The van der Waals surface area contributed by atoms with E-state index in [9.17, 15) is 0 Å². The Morgan fingerprint density at radius 3 is 3.17 bits per heavy atom. The highest BCUT2D eigenvalue weighted by atomic mass is 16.5. The number of nitrogens with zero attached hydrogens (tertiary/aromatic N) is 1. The van der Waals surface area contributed by atoms with Gasteiger partial charge in [0.15, 0.2) is 0 Å². The van der Waals surface area contributed by atoms with Gasteiger partial charge >= 0.3 is 0 Å². The van der Waals surface area contributed by atoms with Crippen LogP contribution in [-0.2, 0) is 11.3 Å². The van der Waals surface area contributed by atoms with E-state index >= 15 is 0 Å². The Hall–Kier alpha value is -1.39. The number of benzene rings is 1. The van der Waals surface area contributed by atoms with Crippen LogP contribution in [0, 0.1) is 0 Å². The van der Waals surface area contributed by atoms with E-state index in [0.29, 0.717) is 18.6 Å². The molecule has 2 aromatic rings. The molecule has 1 aliphatic rings. The molecule has 18 heavy (non-hydrogen) atoms. The van der Waals surface area contributed by atoms with Crippen molar-refractivity contribution in [2.24, 2.45) is 5.73 Å². The molecular weight excluding hydrogens is 226 g/mol. The molecule has 1 saturated heterocycles. The monoisotopic (exact) mass is 245 g/mol. The smallest absolute Gasteiger partial charge is 0.113 e. The molecule has 1 aromatic carbocycles. The zero-order valence-corrected chi connectivity index (χ0v) is 10.6. The van der Waals surface area contributed by atoms with E-state index in [1.807, 2.05) is 12.1 Å². The average Bonchev–Trinajstić information content (AvgIpc) is 3.03. The van der Waals surface area contributed by atoms with Crippen molar-refractivity contribution in [3.8, 4) is 0 Å². The third-order valence-electron chi connectivity index (χ3n) is 3.76. The maximum absolute atomic E-state index is 5.73. The number of nitrogens with two attached hydrogens (primary N) is 1. The largest absolute Gasteiger partial charge is 0.377 e. The van der Waals surface area contributed by atoms with Gasteiger partial charge in [-0.2, -0.15) is 0 Å². The van der Waals surface area contributed by atoms with Gasteiger partial charge in [-0.1, -0.05) is 13.0 Å². The van der Waals surface area contributed by atoms with Crippen molar-refractivity contribution in [1.82, 2.24) is 9.97 Å². The summed E-state index contributed by atoms with van der Waals surface area (Å²) in [7, 11) is 0. The van der Waals surface area contributed by atoms with E-state index < -0.39 is 0 Å². The summed E-state index contributed by atoms with van der Waals surface area (Å²) < 4.78 is 5.73. The summed E-state index contributed by atoms with van der Waals surface area (Å²) in [5.74, 6) is 1.47. The fraction of sp³-hybridized carbons (Fsp3) is 0.500. The Morgan fingerprint density at radius 1 is 1.50 bits per heavy atom. The Kier molecular flexibility index (Phi) is 3.06. The molecule has 0 amide bonds. The van der Waals surface area contributed by atoms with Crippen LogP contribution in [0.2, 0.25) is 0 Å². The third-order valence-corrected chi connectivity index (χ3v) is 3.76. The van der Waals surface area contributed by atoms with E-state index in [4.69, 9.17) is 15.5 Å². The SMILES string of the molecule is CCC1OCCC1c1nc2ccc(CN)cc2[nH]1. The van der Waals surface area contributed by atoms with Crippen LogP contribution >= 0.6 is 0 Å². The molecule has 0 radical (unpaired) electrons. The third kappa shape index (κ3) is 1.91. The van der Waals surface area contributed by atoms with Crippen molar-refractivity contribution in [3.63, 3.8) is 0 Å². The maximum atomic E-state index is 5.73. The van der Waals surface area contributed by atoms with Crippen LogP contribution in [0.15, 0.2) is 18.2 Å². The van der Waals surface area contributed by atoms with Gasteiger partial charge in [0, 0.05) is 19.1 Å². The lowest BCUT2D eigenvalue weighted by Crippen LogP contribution is -2.14. The number of aromatic amines is 1. The molecule has 1 aliphatic heterocycles. The Morgan fingerprint density at radius 2 is 2.39 bits per heavy atom. The predicted molar refractivity (Wildman–Crippen MR) is 71.4 cm³/mol. The number of hydrogen-bond donors (Lipinski definition) is 2. The highest BCUT2D eigenvalue weighted by Crippen LogP contribution is 2.32. The number of aromatic nitrogens is 2. The maximum Gasteiger partial charge on any atom is 0.113 e. The van der Waals surface area contributed by atoms with Crippen molar-refractivity contribution in [3.05, 3.63) is 29.6 Å². The number of hydrogen-bond acceptors (Lipinski definition) is 3. The Bertz CT molecular complexity index is 549. The minimum Gasteiger partial charge on any atom is -0.377 e. The Balaban J connectivity index is 1.97. The van der Waals surface area contributed by atoms with Crippen molar-refractivity contribution in [1.29, 1.82) is 0 Å². The number of imidazole rings is 1. The summed E-state index contributed by atoms with van der Waals surface area (Å²) in [6.07, 6.45) is 2.40. The zero-order chi connectivity index (χ0) is 12.5. The van der Waals surface area contributed by atoms with Gasteiger partial charge < -0.3 is 15.5 Å². The van der Waals surface area contributed by atoms with Crippen LogP contribution in [0.25, 0.3) is 11.0 Å². The van der Waals surface area contributed by atoms with E-state index in [2.05, 4.69) is 18.0 Å². The molecule has 3 rings (SSSR count). The predicted octanol–water partition coefficient (Wildman–Crippen LogP) is 2.30. The summed E-state index contributed by atoms with van der Waals surface area (Å²) in [5, 5.41) is 0. The lowest BCUT2D eigenvalue weighted by Gasteiger charge is -2.13. The van der Waals surface area contributed by atoms with Crippen LogP contribution < -0.4 is 5.73 Å². The molecule has 3 N–H and O–H groups in total. The van der Waals surface area contributed by atoms with Crippen LogP contribution in [0.1, 0.15) is 37.1 Å². The van der Waals surface area contributed by atoms with E-state index in [-0.39, 0.29) is 0 Å². The second-order valence-electron chi connectivity index (χ2n) is 4.89. The van der Waals surface area contributed by atoms with Gasteiger partial charge in [0.05, 0.1) is 17.1 Å². The van der Waals surface area contributed by atoms with E-state index in [0.717, 1.165) is 41.9 Å². The van der Waals surface area contributed by atoms with Crippen molar-refractivity contribution in [2.75, 3.05) is 6.61 Å². The quantitative estimate of drug-likeness (QED) is 0.872. The van der Waals surface area contributed by atoms with Gasteiger partial charge in [0.2, 0.25) is 0 Å². The molecule has 96 valence electrons. The van der Waals surface area contributed by atoms with Gasteiger partial charge in [-0.3, -0.25) is 0 Å². The first-order valence-electron chi connectivity index (χ1n) is 6.62. The normalized spacial score (nSPS) is 23.9. The Labute approximate surface area is 107 Å². The van der Waals surface area contributed by atoms with Crippen LogP contribution in [0.3, 0.4) is 0 Å². The summed E-state index contributed by atoms with van der Waals surface area (Å²) >= 11 is 0. The van der Waals surface area contributed by atoms with Gasteiger partial charge in [-0.05, 0) is 30.5 Å². The highest BCUT2D eigenvalue weighted by molar-refractivity contribution is 5.76. The second-order valence-corrected chi connectivity index (χ2v) is 4.89. The minimum atomic E-state index is 0.305. The number of rotatable bonds is 3. The molecule has 0 aliphatic carbocycles. The molecule has 2 atom stereocenters. The minimum absolute atomic E-state index is 0.305. The topological polar surface area (TPSA) is 63.9 Å².